The van der Waals surface area contributed by atoms with Crippen molar-refractivity contribution in [2.75, 3.05) is 44.7 Å². The Morgan fingerprint density at radius 1 is 0.537 bits per heavy atom. The molecule has 0 aliphatic carbocycles. The molecule has 2 heterocycles. The van der Waals surface area contributed by atoms with Gasteiger partial charge < -0.3 is 92.5 Å². The number of benzene rings is 2. The molecule has 10 atom stereocenters. The average molecular weight is 1350 g/mol. The molecule has 4 rings (SSSR count). The number of amides is 13. The summed E-state index contributed by atoms with van der Waals surface area (Å²) in [7, 11) is 0. The van der Waals surface area contributed by atoms with Gasteiger partial charge in [-0.2, -0.15) is 11.8 Å². The number of guanidine groups is 1. The Morgan fingerprint density at radius 3 is 1.51 bits per heavy atom. The molecule has 524 valence electrons. The third-order valence-electron chi connectivity index (χ3n) is 16.0. The van der Waals surface area contributed by atoms with E-state index in [-0.39, 0.29) is 83.0 Å². The van der Waals surface area contributed by atoms with Crippen molar-refractivity contribution in [2.24, 2.45) is 51.0 Å². The maximum Gasteiger partial charge on any atom is 0.245 e. The van der Waals surface area contributed by atoms with Crippen molar-refractivity contribution in [3.05, 3.63) is 71.8 Å². The van der Waals surface area contributed by atoms with Gasteiger partial charge in [-0.05, 0) is 119 Å². The molecule has 2 aromatic carbocycles. The maximum atomic E-state index is 14.7. The summed E-state index contributed by atoms with van der Waals surface area (Å²) < 4.78 is 0. The summed E-state index contributed by atoms with van der Waals surface area (Å²) in [5.41, 5.74) is 40.6. The van der Waals surface area contributed by atoms with Crippen LogP contribution in [0.15, 0.2) is 65.7 Å². The van der Waals surface area contributed by atoms with Gasteiger partial charge in [-0.3, -0.25) is 67.3 Å². The lowest BCUT2D eigenvalue weighted by Gasteiger charge is -2.32. The number of thioether (sulfide) groups is 1. The Bertz CT molecular complexity index is 2960. The van der Waals surface area contributed by atoms with Crippen LogP contribution >= 0.6 is 11.8 Å². The third kappa shape index (κ3) is 27.5. The molecule has 2 saturated heterocycles. The molecule has 32 heteroatoms. The number of carbonyl (C=O) groups is 13. The highest BCUT2D eigenvalue weighted by atomic mass is 32.2. The van der Waals surface area contributed by atoms with Crippen molar-refractivity contribution in [3.63, 3.8) is 0 Å². The molecule has 22 N–H and O–H groups in total. The third-order valence-corrected chi connectivity index (χ3v) is 16.7. The molecule has 0 aromatic heterocycles. The molecular weight excluding hydrogens is 1250 g/mol. The van der Waals surface area contributed by atoms with Crippen molar-refractivity contribution in [1.29, 1.82) is 0 Å². The van der Waals surface area contributed by atoms with Gasteiger partial charge in [-0.15, -0.1) is 0 Å². The van der Waals surface area contributed by atoms with Gasteiger partial charge in [0, 0.05) is 45.3 Å². The van der Waals surface area contributed by atoms with Crippen LogP contribution in [0.5, 0.6) is 0 Å². The lowest BCUT2D eigenvalue weighted by Crippen LogP contribution is -2.60. The number of likely N-dealkylation sites (tertiary alicyclic amines) is 2. The Morgan fingerprint density at radius 2 is 1.01 bits per heavy atom. The van der Waals surface area contributed by atoms with Crippen molar-refractivity contribution >= 4 is 94.5 Å². The van der Waals surface area contributed by atoms with Crippen LogP contribution in [-0.2, 0) is 75.2 Å². The molecule has 2 aliphatic rings. The Labute approximate surface area is 558 Å². The maximum absolute atomic E-state index is 14.7. The zero-order valence-corrected chi connectivity index (χ0v) is 55.3. The minimum Gasteiger partial charge on any atom is -0.370 e. The van der Waals surface area contributed by atoms with Gasteiger partial charge >= 0.3 is 0 Å². The number of nitrogens with zero attached hydrogens (tertiary/aromatic N) is 3. The summed E-state index contributed by atoms with van der Waals surface area (Å²) in [6.45, 7) is 3.86. The largest absolute Gasteiger partial charge is 0.370 e. The monoisotopic (exact) mass is 1350 g/mol. The number of hydrogen-bond acceptors (Lipinski definition) is 17. The summed E-state index contributed by atoms with van der Waals surface area (Å²) in [5, 5.41) is 21.1. The first-order valence-electron chi connectivity index (χ1n) is 32.2. The zero-order valence-electron chi connectivity index (χ0n) is 54.5. The summed E-state index contributed by atoms with van der Waals surface area (Å²) in [6.07, 6.45) is 3.12. The van der Waals surface area contributed by atoms with Crippen LogP contribution in [0.3, 0.4) is 0 Å². The van der Waals surface area contributed by atoms with Crippen LogP contribution in [0.25, 0.3) is 0 Å². The summed E-state index contributed by atoms with van der Waals surface area (Å²) in [4.78, 5) is 185. The number of aliphatic imine (C=N–C) groups is 1. The van der Waals surface area contributed by atoms with E-state index in [1.54, 1.807) is 60.7 Å². The van der Waals surface area contributed by atoms with Crippen LogP contribution in [0.2, 0.25) is 0 Å². The lowest BCUT2D eigenvalue weighted by molar-refractivity contribution is -0.144. The number of primary amides is 3. The summed E-state index contributed by atoms with van der Waals surface area (Å²) in [5.74, 6) is -9.80. The van der Waals surface area contributed by atoms with Gasteiger partial charge in [0.2, 0.25) is 76.8 Å². The highest BCUT2D eigenvalue weighted by Crippen LogP contribution is 2.24. The highest BCUT2D eigenvalue weighted by Gasteiger charge is 2.42. The topological polar surface area (TPSA) is 519 Å². The van der Waals surface area contributed by atoms with E-state index in [4.69, 9.17) is 40.1 Å². The molecule has 0 radical (unpaired) electrons. The minimum atomic E-state index is -1.64. The molecule has 13 amide bonds. The van der Waals surface area contributed by atoms with E-state index in [1.807, 2.05) is 20.1 Å². The van der Waals surface area contributed by atoms with E-state index >= 15 is 0 Å². The Balaban J connectivity index is 1.56. The quantitative estimate of drug-likeness (QED) is 0.0173. The van der Waals surface area contributed by atoms with E-state index in [2.05, 4.69) is 47.5 Å². The SMILES string of the molecule is CSCC[C@H](NC(=O)[C@H](CC(C)C)NC(=O)CNC(=O)[C@H](Cc1ccccc1)NC(=O)[C@@H](Cc1ccccc1)NC(=O)[C@@H](CCC(N)=O)NC(=O)[C@H](CCC(N)=O)NC(=O)[C@H]1CCCN1C(=O)[C@@H](CCCCN)NC(=O)[C@@H]1CCCN1C(=O)[C@H](N)CCCN=C(N)N)C(N)=O. The number of rotatable bonds is 42. The van der Waals surface area contributed by atoms with E-state index in [0.29, 0.717) is 55.4 Å². The van der Waals surface area contributed by atoms with Gasteiger partial charge in [0.05, 0.1) is 12.6 Å². The van der Waals surface area contributed by atoms with Crippen LogP contribution in [0.1, 0.15) is 121 Å². The van der Waals surface area contributed by atoms with Crippen LogP contribution < -0.4 is 82.7 Å². The summed E-state index contributed by atoms with van der Waals surface area (Å²) >= 11 is 1.45. The lowest BCUT2D eigenvalue weighted by atomic mass is 10.0. The van der Waals surface area contributed by atoms with Crippen LogP contribution in [0, 0.1) is 5.92 Å². The van der Waals surface area contributed by atoms with E-state index in [9.17, 15) is 62.3 Å². The van der Waals surface area contributed by atoms with Gasteiger partial charge in [-0.1, -0.05) is 74.5 Å². The van der Waals surface area contributed by atoms with E-state index in [1.165, 1.54) is 21.6 Å². The zero-order chi connectivity index (χ0) is 70.1. The fourth-order valence-electron chi connectivity index (χ4n) is 11.0. The Hall–Kier alpha value is -8.91. The van der Waals surface area contributed by atoms with Gasteiger partial charge in [0.25, 0.3) is 0 Å². The molecule has 31 nitrogen and oxygen atoms in total. The standard InChI is InChI=1S/C63H98N18O13S/c1-37(2)33-45(57(89)74-41(53(68)85)27-32-95-3)73-52(84)36-72-54(86)46(34-38-15-6-4-7-16-38)78-58(90)47(35-39-17-8-5-9-18-39)79-56(88)42(23-25-50(66)82)75-55(87)43(24-26-51(67)83)76-59(91)49-22-14-31-81(49)62(94)44(20-10-11-28-64)77-60(92)48-21-13-30-80(48)61(93)40(65)19-12-29-71-63(69)70/h4-9,15-18,37,40-49H,10-14,19-36,64-65H2,1-3H3,(H2,66,82)(H2,67,83)(H2,68,85)(H,72,86)(H,73,84)(H,74,89)(H,75,87)(H,76,91)(H,77,92)(H,78,90)(H,79,88)(H4,69,70,71)/t40-,41+,42-,43+,44-,45+,46+,47-,48+,49-/m1/s1. The first kappa shape index (κ1) is 78.5. The number of nitrogens with one attached hydrogen (secondary N) is 8. The minimum absolute atomic E-state index is 0.0736. The van der Waals surface area contributed by atoms with Gasteiger partial charge in [0.15, 0.2) is 5.96 Å². The molecule has 0 bridgehead atoms. The first-order valence-corrected chi connectivity index (χ1v) is 33.6. The first-order chi connectivity index (χ1) is 45.2. The fraction of sp³-hybridized carbons (Fsp3) is 0.587. The normalized spacial score (nSPS) is 16.8. The second-order valence-corrected chi connectivity index (χ2v) is 25.1. The molecule has 2 fully saturated rings. The second-order valence-electron chi connectivity index (χ2n) is 24.1. The van der Waals surface area contributed by atoms with Crippen molar-refractivity contribution in [1.82, 2.24) is 52.3 Å². The van der Waals surface area contributed by atoms with Crippen molar-refractivity contribution in [3.8, 4) is 0 Å². The van der Waals surface area contributed by atoms with E-state index in [0.717, 1.165) is 0 Å². The predicted octanol–water partition coefficient (Wildman–Crippen LogP) is -3.71. The molecule has 0 unspecified atom stereocenters. The second kappa shape index (κ2) is 41.0. The highest BCUT2D eigenvalue weighted by molar-refractivity contribution is 7.98. The van der Waals surface area contributed by atoms with Crippen molar-refractivity contribution < 1.29 is 62.3 Å². The number of carbonyl (C=O) groups excluding carboxylic acids is 13. The van der Waals surface area contributed by atoms with Gasteiger partial charge in [-0.25, -0.2) is 0 Å². The molecule has 2 aromatic rings. The molecule has 95 heavy (non-hydrogen) atoms. The number of nitrogens with two attached hydrogens (primary N) is 7. The number of unbranched alkanes of at least 4 members (excludes halogenated alkanes) is 1. The van der Waals surface area contributed by atoms with Crippen LogP contribution in [0.4, 0.5) is 0 Å². The molecule has 2 aliphatic heterocycles. The Kier molecular flexibility index (Phi) is 33.9. The van der Waals surface area contributed by atoms with Crippen molar-refractivity contribution in [2.45, 2.75) is 183 Å². The molecule has 0 spiro atoms. The van der Waals surface area contributed by atoms with Gasteiger partial charge in [0.1, 0.15) is 54.4 Å². The number of hydrogen-bond donors (Lipinski definition) is 15. The van der Waals surface area contributed by atoms with E-state index < -0.39 is 169 Å². The fourth-order valence-corrected chi connectivity index (χ4v) is 11.5. The smallest absolute Gasteiger partial charge is 0.245 e. The predicted molar refractivity (Wildman–Crippen MR) is 356 cm³/mol. The average Bonchev–Trinajstić information content (AvgIpc) is 1.74. The summed E-state index contributed by atoms with van der Waals surface area (Å²) in [6, 6.07) is 4.51. The molecular formula is C63H98N18O13S. The molecule has 0 saturated carbocycles. The van der Waals surface area contributed by atoms with Crippen LogP contribution in [-0.4, -0.2) is 198 Å².